The summed E-state index contributed by atoms with van der Waals surface area (Å²) in [6.07, 6.45) is 1.07. The maximum absolute atomic E-state index is 4.17. The summed E-state index contributed by atoms with van der Waals surface area (Å²) in [6.45, 7) is 2.99. The quantitative estimate of drug-likeness (QED) is 0.603. The molecule has 2 heteroatoms. The Bertz CT molecular complexity index is 304. The van der Waals surface area contributed by atoms with Gasteiger partial charge in [-0.25, -0.2) is 0 Å². The van der Waals surface area contributed by atoms with E-state index in [0.29, 0.717) is 6.04 Å². The van der Waals surface area contributed by atoms with Gasteiger partial charge in [0.1, 0.15) is 0 Å². The van der Waals surface area contributed by atoms with Gasteiger partial charge in [-0.3, -0.25) is 0 Å². The number of hydrogen-bond acceptors (Lipinski definition) is 2. The molecule has 1 aromatic rings. The highest BCUT2D eigenvalue weighted by molar-refractivity contribution is 5.25. The van der Waals surface area contributed by atoms with Crippen LogP contribution in [0.3, 0.4) is 0 Å². The summed E-state index contributed by atoms with van der Waals surface area (Å²) in [4.78, 5) is 0. The van der Waals surface area contributed by atoms with Crippen molar-refractivity contribution >= 4 is 0 Å². The molecule has 0 saturated heterocycles. The van der Waals surface area contributed by atoms with E-state index in [1.807, 2.05) is 0 Å². The normalized spacial score (nSPS) is 21.6. The van der Waals surface area contributed by atoms with Gasteiger partial charge in [0.15, 0.2) is 0 Å². The molecule has 1 heterocycles. The third-order valence-electron chi connectivity index (χ3n) is 2.15. The highest BCUT2D eigenvalue weighted by Gasteiger charge is 2.13. The number of benzene rings is 1. The minimum absolute atomic E-state index is 0.324. The molecule has 0 bridgehead atoms. The van der Waals surface area contributed by atoms with E-state index in [-0.39, 0.29) is 0 Å². The van der Waals surface area contributed by atoms with E-state index in [2.05, 4.69) is 41.4 Å². The molecule has 0 N–H and O–H groups in total. The molecule has 1 aliphatic rings. The third kappa shape index (κ3) is 1.37. The Balaban J connectivity index is 2.27. The van der Waals surface area contributed by atoms with Crippen molar-refractivity contribution in [1.29, 1.82) is 0 Å². The van der Waals surface area contributed by atoms with Crippen LogP contribution in [0.15, 0.2) is 34.5 Å². The fourth-order valence-electron chi connectivity index (χ4n) is 1.50. The molecule has 1 aliphatic heterocycles. The van der Waals surface area contributed by atoms with E-state index >= 15 is 0 Å². The number of nitrogens with zero attached hydrogens (tertiary/aromatic N) is 2. The van der Waals surface area contributed by atoms with Gasteiger partial charge in [-0.05, 0) is 18.9 Å². The Hall–Kier alpha value is -1.18. The molecule has 0 spiro atoms. The van der Waals surface area contributed by atoms with Crippen LogP contribution in [0.2, 0.25) is 0 Å². The first kappa shape index (κ1) is 7.47. The molecule has 2 nitrogen and oxygen atoms in total. The molecule has 2 rings (SSSR count). The van der Waals surface area contributed by atoms with Gasteiger partial charge in [-0.2, -0.15) is 10.2 Å². The first-order valence-corrected chi connectivity index (χ1v) is 4.29. The summed E-state index contributed by atoms with van der Waals surface area (Å²) in [5.74, 6) is 0. The molecule has 0 radical (unpaired) electrons. The molecular formula is C10H12N2. The predicted octanol–water partition coefficient (Wildman–Crippen LogP) is 2.89. The van der Waals surface area contributed by atoms with E-state index in [9.17, 15) is 0 Å². The van der Waals surface area contributed by atoms with Gasteiger partial charge < -0.3 is 0 Å². The van der Waals surface area contributed by atoms with E-state index in [1.165, 1.54) is 11.1 Å². The van der Waals surface area contributed by atoms with Crippen molar-refractivity contribution in [3.05, 3.63) is 35.4 Å². The molecule has 0 aromatic heterocycles. The van der Waals surface area contributed by atoms with Crippen LogP contribution < -0.4 is 0 Å². The predicted molar refractivity (Wildman–Crippen MR) is 48.3 cm³/mol. The second kappa shape index (κ2) is 3.05. The summed E-state index contributed by atoms with van der Waals surface area (Å²) in [5.41, 5.74) is 2.60. The number of hydrogen-bond donors (Lipinski definition) is 0. The topological polar surface area (TPSA) is 24.7 Å². The van der Waals surface area contributed by atoms with Gasteiger partial charge in [-0.1, -0.05) is 29.8 Å². The maximum Gasteiger partial charge on any atom is 0.0976 e. The van der Waals surface area contributed by atoms with E-state index in [0.717, 1.165) is 13.0 Å². The zero-order chi connectivity index (χ0) is 8.39. The van der Waals surface area contributed by atoms with Crippen LogP contribution >= 0.6 is 0 Å². The summed E-state index contributed by atoms with van der Waals surface area (Å²) in [6, 6.07) is 8.83. The van der Waals surface area contributed by atoms with E-state index in [4.69, 9.17) is 0 Å². The van der Waals surface area contributed by atoms with Crippen LogP contribution in [-0.2, 0) is 0 Å². The van der Waals surface area contributed by atoms with Gasteiger partial charge in [-0.15, -0.1) is 0 Å². The minimum Gasteiger partial charge on any atom is -0.193 e. The van der Waals surface area contributed by atoms with Gasteiger partial charge >= 0.3 is 0 Å². The van der Waals surface area contributed by atoms with Gasteiger partial charge in [0.25, 0.3) is 0 Å². The molecule has 0 aliphatic carbocycles. The zero-order valence-corrected chi connectivity index (χ0v) is 7.20. The second-order valence-electron chi connectivity index (χ2n) is 3.20. The molecular weight excluding hydrogens is 148 g/mol. The summed E-state index contributed by atoms with van der Waals surface area (Å²) in [7, 11) is 0. The zero-order valence-electron chi connectivity index (χ0n) is 7.20. The van der Waals surface area contributed by atoms with Crippen LogP contribution in [0.1, 0.15) is 23.6 Å². The molecule has 0 saturated carbocycles. The standard InChI is InChI=1S/C10H12N2/c1-8-3-2-4-9(7-8)10-5-6-11-12-10/h2-4,7,10H,5-6H2,1H3. The van der Waals surface area contributed by atoms with Crippen molar-refractivity contribution in [3.8, 4) is 0 Å². The molecule has 1 atom stereocenters. The smallest absolute Gasteiger partial charge is 0.0976 e. The third-order valence-corrected chi connectivity index (χ3v) is 2.15. The molecule has 62 valence electrons. The van der Waals surface area contributed by atoms with Crippen LogP contribution in [0.25, 0.3) is 0 Å². The van der Waals surface area contributed by atoms with E-state index in [1.54, 1.807) is 0 Å². The van der Waals surface area contributed by atoms with Gasteiger partial charge in [0, 0.05) is 0 Å². The number of rotatable bonds is 1. The van der Waals surface area contributed by atoms with Crippen LogP contribution in [0.5, 0.6) is 0 Å². The highest BCUT2D eigenvalue weighted by Crippen LogP contribution is 2.26. The molecule has 0 fully saturated rings. The average molecular weight is 160 g/mol. The molecule has 1 unspecified atom stereocenters. The van der Waals surface area contributed by atoms with Crippen molar-refractivity contribution in [2.45, 2.75) is 19.4 Å². The lowest BCUT2D eigenvalue weighted by molar-refractivity contribution is 0.741. The lowest BCUT2D eigenvalue weighted by Crippen LogP contribution is -1.91. The molecule has 12 heavy (non-hydrogen) atoms. The Morgan fingerprint density at radius 3 is 3.00 bits per heavy atom. The van der Waals surface area contributed by atoms with Crippen LogP contribution in [-0.4, -0.2) is 6.54 Å². The Morgan fingerprint density at radius 1 is 1.42 bits per heavy atom. The highest BCUT2D eigenvalue weighted by atomic mass is 15.2. The second-order valence-corrected chi connectivity index (χ2v) is 3.20. The maximum atomic E-state index is 4.17. The summed E-state index contributed by atoms with van der Waals surface area (Å²) < 4.78 is 0. The average Bonchev–Trinajstić information content (AvgIpc) is 2.56. The lowest BCUT2D eigenvalue weighted by atomic mass is 10.0. The van der Waals surface area contributed by atoms with Crippen LogP contribution in [0.4, 0.5) is 0 Å². The lowest BCUT2D eigenvalue weighted by Gasteiger charge is -2.05. The fourth-order valence-corrected chi connectivity index (χ4v) is 1.50. The van der Waals surface area contributed by atoms with Crippen molar-refractivity contribution in [1.82, 2.24) is 0 Å². The van der Waals surface area contributed by atoms with Crippen LogP contribution in [0, 0.1) is 6.92 Å². The fraction of sp³-hybridized carbons (Fsp3) is 0.400. The number of azo groups is 1. The van der Waals surface area contributed by atoms with Crippen molar-refractivity contribution in [3.63, 3.8) is 0 Å². The summed E-state index contributed by atoms with van der Waals surface area (Å²) in [5, 5.41) is 8.17. The summed E-state index contributed by atoms with van der Waals surface area (Å²) >= 11 is 0. The minimum atomic E-state index is 0.324. The first-order chi connectivity index (χ1) is 5.86. The van der Waals surface area contributed by atoms with Gasteiger partial charge in [0.05, 0.1) is 12.6 Å². The van der Waals surface area contributed by atoms with Crippen molar-refractivity contribution < 1.29 is 0 Å². The van der Waals surface area contributed by atoms with Gasteiger partial charge in [0.2, 0.25) is 0 Å². The number of aryl methyl sites for hydroxylation is 1. The molecule has 1 aromatic carbocycles. The SMILES string of the molecule is Cc1cccc(C2CCN=N2)c1. The Labute approximate surface area is 72.3 Å². The Morgan fingerprint density at radius 2 is 2.33 bits per heavy atom. The monoisotopic (exact) mass is 160 g/mol. The largest absolute Gasteiger partial charge is 0.193 e. The van der Waals surface area contributed by atoms with Crippen molar-refractivity contribution in [2.75, 3.05) is 6.54 Å². The van der Waals surface area contributed by atoms with Crippen molar-refractivity contribution in [2.24, 2.45) is 10.2 Å². The molecule has 0 amide bonds. The van der Waals surface area contributed by atoms with E-state index < -0.39 is 0 Å². The first-order valence-electron chi connectivity index (χ1n) is 4.29. The Kier molecular flexibility index (Phi) is 1.90.